The summed E-state index contributed by atoms with van der Waals surface area (Å²) in [6, 6.07) is 13.0. The summed E-state index contributed by atoms with van der Waals surface area (Å²) in [4.78, 5) is 6.89. The Labute approximate surface area is 180 Å². The van der Waals surface area contributed by atoms with E-state index in [4.69, 9.17) is 0 Å². The fourth-order valence-corrected chi connectivity index (χ4v) is 3.77. The molecule has 1 aromatic heterocycles. The fraction of sp³-hybridized carbons (Fsp3) is 0.524. The van der Waals surface area contributed by atoms with Gasteiger partial charge in [-0.15, -0.1) is 24.0 Å². The van der Waals surface area contributed by atoms with Crippen molar-refractivity contribution in [2.24, 2.45) is 10.9 Å². The van der Waals surface area contributed by atoms with E-state index in [1.165, 1.54) is 17.7 Å². The van der Waals surface area contributed by atoms with Crippen LogP contribution in [0.3, 0.4) is 0 Å². The van der Waals surface area contributed by atoms with Crippen molar-refractivity contribution in [1.82, 2.24) is 20.0 Å². The predicted molar refractivity (Wildman–Crippen MR) is 123 cm³/mol. The van der Waals surface area contributed by atoms with E-state index in [1.54, 1.807) is 0 Å². The van der Waals surface area contributed by atoms with Gasteiger partial charge in [0.2, 0.25) is 0 Å². The first-order chi connectivity index (χ1) is 12.6. The summed E-state index contributed by atoms with van der Waals surface area (Å²) in [5, 5.41) is 8.13. The highest BCUT2D eigenvalue weighted by molar-refractivity contribution is 14.0. The lowest BCUT2D eigenvalue weighted by Crippen LogP contribution is -2.42. The number of likely N-dealkylation sites (tertiary alicyclic amines) is 1. The molecule has 1 fully saturated rings. The number of nitrogens with one attached hydrogen (secondary N) is 1. The number of aryl methyl sites for hydroxylation is 2. The number of hydrogen-bond acceptors (Lipinski definition) is 2. The van der Waals surface area contributed by atoms with Crippen molar-refractivity contribution < 1.29 is 0 Å². The molecular weight excluding hydrogens is 449 g/mol. The smallest absolute Gasteiger partial charge is 0.193 e. The Morgan fingerprint density at radius 3 is 2.67 bits per heavy atom. The molecule has 1 aliphatic heterocycles. The van der Waals surface area contributed by atoms with Crippen molar-refractivity contribution in [2.75, 3.05) is 26.7 Å². The number of hydrogen-bond donors (Lipinski definition) is 1. The normalized spacial score (nSPS) is 18.3. The van der Waals surface area contributed by atoms with Gasteiger partial charge in [0, 0.05) is 44.8 Å². The zero-order chi connectivity index (χ0) is 18.5. The van der Waals surface area contributed by atoms with E-state index < -0.39 is 0 Å². The Balaban J connectivity index is 0.00000261. The Hall–Kier alpha value is -1.57. The molecule has 0 spiro atoms. The molecule has 1 saturated heterocycles. The summed E-state index contributed by atoms with van der Waals surface area (Å²) in [5.74, 6) is 2.10. The number of benzene rings is 1. The minimum Gasteiger partial charge on any atom is -0.356 e. The summed E-state index contributed by atoms with van der Waals surface area (Å²) in [7, 11) is 1.88. The van der Waals surface area contributed by atoms with Crippen LogP contribution in [0, 0.1) is 19.8 Å². The number of guanidine groups is 1. The summed E-state index contributed by atoms with van der Waals surface area (Å²) >= 11 is 0. The maximum Gasteiger partial charge on any atom is 0.193 e. The Morgan fingerprint density at radius 2 is 2.04 bits per heavy atom. The zero-order valence-corrected chi connectivity index (χ0v) is 19.2. The monoisotopic (exact) mass is 481 g/mol. The molecule has 0 amide bonds. The van der Waals surface area contributed by atoms with Gasteiger partial charge in [-0.1, -0.05) is 37.3 Å². The first-order valence-electron chi connectivity index (χ1n) is 9.58. The average molecular weight is 481 g/mol. The fourth-order valence-electron chi connectivity index (χ4n) is 3.77. The van der Waals surface area contributed by atoms with Crippen LogP contribution in [0.25, 0.3) is 0 Å². The highest BCUT2D eigenvalue weighted by atomic mass is 127. The van der Waals surface area contributed by atoms with Gasteiger partial charge in [0.25, 0.3) is 0 Å². The minimum atomic E-state index is 0. The number of aliphatic imine (C=N–C) groups is 1. The second kappa shape index (κ2) is 10.1. The van der Waals surface area contributed by atoms with E-state index in [0.29, 0.717) is 11.8 Å². The Morgan fingerprint density at radius 1 is 1.30 bits per heavy atom. The van der Waals surface area contributed by atoms with Crippen LogP contribution in [0.4, 0.5) is 0 Å². The van der Waals surface area contributed by atoms with Crippen molar-refractivity contribution in [3.8, 4) is 0 Å². The number of halogens is 1. The van der Waals surface area contributed by atoms with Crippen molar-refractivity contribution in [2.45, 2.75) is 39.7 Å². The highest BCUT2D eigenvalue weighted by Gasteiger charge is 2.26. The number of rotatable bonds is 5. The summed E-state index contributed by atoms with van der Waals surface area (Å²) in [6.45, 7) is 10.3. The zero-order valence-electron chi connectivity index (χ0n) is 16.9. The molecule has 1 aliphatic rings. The van der Waals surface area contributed by atoms with Crippen LogP contribution < -0.4 is 5.32 Å². The molecule has 2 aromatic rings. The molecule has 2 unspecified atom stereocenters. The van der Waals surface area contributed by atoms with E-state index in [0.717, 1.165) is 37.8 Å². The van der Waals surface area contributed by atoms with Gasteiger partial charge < -0.3 is 10.2 Å². The van der Waals surface area contributed by atoms with Gasteiger partial charge in [-0.2, -0.15) is 5.10 Å². The lowest BCUT2D eigenvalue weighted by molar-refractivity contribution is 0.420. The van der Waals surface area contributed by atoms with E-state index in [9.17, 15) is 0 Å². The van der Waals surface area contributed by atoms with E-state index in [1.807, 2.05) is 14.0 Å². The third-order valence-electron chi connectivity index (χ3n) is 5.17. The molecule has 27 heavy (non-hydrogen) atoms. The van der Waals surface area contributed by atoms with Crippen LogP contribution in [-0.4, -0.2) is 47.3 Å². The van der Waals surface area contributed by atoms with Gasteiger partial charge in [-0.25, -0.2) is 0 Å². The third kappa shape index (κ3) is 5.70. The average Bonchev–Trinajstić information content (AvgIpc) is 3.23. The van der Waals surface area contributed by atoms with Crippen LogP contribution >= 0.6 is 24.0 Å². The van der Waals surface area contributed by atoms with Crippen molar-refractivity contribution >= 4 is 29.9 Å². The van der Waals surface area contributed by atoms with Crippen LogP contribution in [0.15, 0.2) is 41.4 Å². The van der Waals surface area contributed by atoms with Gasteiger partial charge in [0.05, 0.1) is 5.69 Å². The first-order valence-corrected chi connectivity index (χ1v) is 9.58. The van der Waals surface area contributed by atoms with E-state index >= 15 is 0 Å². The number of nitrogens with zero attached hydrogens (tertiary/aromatic N) is 4. The van der Waals surface area contributed by atoms with Gasteiger partial charge in [0.15, 0.2) is 5.96 Å². The molecule has 0 radical (unpaired) electrons. The molecule has 1 aromatic carbocycles. The van der Waals surface area contributed by atoms with E-state index in [2.05, 4.69) is 75.2 Å². The van der Waals surface area contributed by atoms with Crippen molar-refractivity contribution in [3.05, 3.63) is 53.3 Å². The molecule has 1 N–H and O–H groups in total. The first kappa shape index (κ1) is 21.7. The topological polar surface area (TPSA) is 45.5 Å². The molecule has 148 valence electrons. The maximum atomic E-state index is 4.57. The van der Waals surface area contributed by atoms with Crippen molar-refractivity contribution in [3.63, 3.8) is 0 Å². The molecule has 0 saturated carbocycles. The lowest BCUT2D eigenvalue weighted by atomic mass is 9.99. The van der Waals surface area contributed by atoms with Gasteiger partial charge >= 0.3 is 0 Å². The molecule has 5 nitrogen and oxygen atoms in total. The summed E-state index contributed by atoms with van der Waals surface area (Å²) in [6.07, 6.45) is 1.19. The molecule has 0 bridgehead atoms. The SMILES string of the molecule is CN=C(NCC(C)Cn1nc(C)cc1C)N1CCC(c2ccccc2)C1.I. The molecule has 0 aliphatic carbocycles. The standard InChI is InChI=1S/C21H31N5.HI/c1-16(14-26-18(3)12-17(2)24-26)13-23-21(22-4)25-11-10-20(15-25)19-8-6-5-7-9-19;/h5-9,12,16,20H,10-11,13-15H2,1-4H3,(H,22,23);1H. The second-order valence-electron chi connectivity index (χ2n) is 7.48. The minimum absolute atomic E-state index is 0. The summed E-state index contributed by atoms with van der Waals surface area (Å²) in [5.41, 5.74) is 3.75. The number of aromatic nitrogens is 2. The van der Waals surface area contributed by atoms with Crippen LogP contribution in [-0.2, 0) is 6.54 Å². The van der Waals surface area contributed by atoms with E-state index in [-0.39, 0.29) is 24.0 Å². The quantitative estimate of drug-likeness (QED) is 0.401. The maximum absolute atomic E-state index is 4.57. The van der Waals surface area contributed by atoms with Crippen LogP contribution in [0.1, 0.15) is 36.2 Å². The van der Waals surface area contributed by atoms with Gasteiger partial charge in [0.1, 0.15) is 0 Å². The molecule has 2 heterocycles. The largest absolute Gasteiger partial charge is 0.356 e. The highest BCUT2D eigenvalue weighted by Crippen LogP contribution is 2.26. The third-order valence-corrected chi connectivity index (χ3v) is 5.17. The molecule has 3 rings (SSSR count). The lowest BCUT2D eigenvalue weighted by Gasteiger charge is -2.23. The molecule has 6 heteroatoms. The molecular formula is C21H32IN5. The summed E-state index contributed by atoms with van der Waals surface area (Å²) < 4.78 is 2.10. The second-order valence-corrected chi connectivity index (χ2v) is 7.48. The van der Waals surface area contributed by atoms with Crippen LogP contribution in [0.2, 0.25) is 0 Å². The van der Waals surface area contributed by atoms with Gasteiger partial charge in [-0.3, -0.25) is 9.67 Å². The Bertz CT molecular complexity index is 740. The van der Waals surface area contributed by atoms with Crippen LogP contribution in [0.5, 0.6) is 0 Å². The van der Waals surface area contributed by atoms with Crippen molar-refractivity contribution in [1.29, 1.82) is 0 Å². The molecule has 2 atom stereocenters. The van der Waals surface area contributed by atoms with Gasteiger partial charge in [-0.05, 0) is 37.8 Å². The predicted octanol–water partition coefficient (Wildman–Crippen LogP) is 3.82. The Kier molecular flexibility index (Phi) is 8.13.